The monoisotopic (exact) mass is 676 g/mol. The Bertz CT molecular complexity index is 3170. The van der Waals surface area contributed by atoms with Gasteiger partial charge in [0.15, 0.2) is 0 Å². The number of furan rings is 1. The first-order valence-electron chi connectivity index (χ1n) is 18.1. The molecule has 0 aliphatic heterocycles. The van der Waals surface area contributed by atoms with Gasteiger partial charge in [0.25, 0.3) is 0 Å². The number of nitrogens with zero attached hydrogens (tertiary/aromatic N) is 2. The first-order valence-corrected chi connectivity index (χ1v) is 18.1. The highest BCUT2D eigenvalue weighted by atomic mass is 16.3. The van der Waals surface area contributed by atoms with Gasteiger partial charge in [-0.25, -0.2) is 0 Å². The van der Waals surface area contributed by atoms with Gasteiger partial charge in [-0.05, 0) is 112 Å². The second-order valence-electron chi connectivity index (χ2n) is 13.7. The van der Waals surface area contributed by atoms with Crippen LogP contribution in [0.2, 0.25) is 0 Å². The van der Waals surface area contributed by atoms with Crippen LogP contribution in [0, 0.1) is 0 Å². The van der Waals surface area contributed by atoms with Gasteiger partial charge in [0.1, 0.15) is 11.2 Å². The van der Waals surface area contributed by atoms with Crippen LogP contribution < -0.4 is 4.90 Å². The zero-order valence-electron chi connectivity index (χ0n) is 28.8. The molecule has 248 valence electrons. The van der Waals surface area contributed by atoms with Crippen molar-refractivity contribution in [1.82, 2.24) is 4.57 Å². The minimum Gasteiger partial charge on any atom is -0.456 e. The Kier molecular flexibility index (Phi) is 6.55. The fourth-order valence-electron chi connectivity index (χ4n) is 8.35. The van der Waals surface area contributed by atoms with Crippen LogP contribution in [0.15, 0.2) is 199 Å². The predicted molar refractivity (Wildman–Crippen MR) is 223 cm³/mol. The molecule has 0 bridgehead atoms. The molecule has 2 heterocycles. The molecule has 0 radical (unpaired) electrons. The summed E-state index contributed by atoms with van der Waals surface area (Å²) in [6, 6.07) is 69.7. The van der Waals surface area contributed by atoms with Gasteiger partial charge in [-0.3, -0.25) is 0 Å². The third kappa shape index (κ3) is 4.68. The molecule has 0 spiro atoms. The van der Waals surface area contributed by atoms with Crippen molar-refractivity contribution in [2.75, 3.05) is 4.90 Å². The van der Waals surface area contributed by atoms with Gasteiger partial charge in [-0.2, -0.15) is 0 Å². The highest BCUT2D eigenvalue weighted by Gasteiger charge is 2.19. The van der Waals surface area contributed by atoms with Gasteiger partial charge >= 0.3 is 0 Å². The van der Waals surface area contributed by atoms with E-state index in [1.54, 1.807) is 0 Å². The lowest BCUT2D eigenvalue weighted by Gasteiger charge is -2.26. The third-order valence-corrected chi connectivity index (χ3v) is 10.7. The molecule has 11 rings (SSSR count). The molecule has 2 aromatic heterocycles. The maximum absolute atomic E-state index is 6.57. The van der Waals surface area contributed by atoms with Crippen LogP contribution in [-0.4, -0.2) is 4.57 Å². The predicted octanol–water partition coefficient (Wildman–Crippen LogP) is 14.1. The number of hydrogen-bond donors (Lipinski definition) is 0. The number of hydrogen-bond acceptors (Lipinski definition) is 2. The van der Waals surface area contributed by atoms with Gasteiger partial charge < -0.3 is 13.9 Å². The van der Waals surface area contributed by atoms with Crippen LogP contribution in [0.1, 0.15) is 0 Å². The first kappa shape index (κ1) is 29.6. The minimum absolute atomic E-state index is 0.884. The molecular formula is C50H32N2O. The summed E-state index contributed by atoms with van der Waals surface area (Å²) < 4.78 is 8.95. The number of aromatic nitrogens is 1. The van der Waals surface area contributed by atoms with E-state index < -0.39 is 0 Å². The highest BCUT2D eigenvalue weighted by Crippen LogP contribution is 2.43. The van der Waals surface area contributed by atoms with E-state index in [-0.39, 0.29) is 0 Å². The van der Waals surface area contributed by atoms with Crippen LogP contribution in [0.3, 0.4) is 0 Å². The molecule has 53 heavy (non-hydrogen) atoms. The lowest BCUT2D eigenvalue weighted by Crippen LogP contribution is -2.09. The summed E-state index contributed by atoms with van der Waals surface area (Å²) in [4.78, 5) is 2.35. The van der Waals surface area contributed by atoms with Gasteiger partial charge in [-0.1, -0.05) is 115 Å². The van der Waals surface area contributed by atoms with Crippen molar-refractivity contribution in [2.24, 2.45) is 0 Å². The van der Waals surface area contributed by atoms with Crippen LogP contribution in [0.5, 0.6) is 0 Å². The summed E-state index contributed by atoms with van der Waals surface area (Å²) in [6.07, 6.45) is 0. The number of anilines is 3. The third-order valence-electron chi connectivity index (χ3n) is 10.7. The molecule has 0 fully saturated rings. The van der Waals surface area contributed by atoms with Crippen molar-refractivity contribution in [3.8, 4) is 16.8 Å². The zero-order chi connectivity index (χ0) is 34.9. The Labute approximate surface area is 306 Å². The van der Waals surface area contributed by atoms with Crippen molar-refractivity contribution in [3.63, 3.8) is 0 Å². The van der Waals surface area contributed by atoms with E-state index in [2.05, 4.69) is 204 Å². The highest BCUT2D eigenvalue weighted by molar-refractivity contribution is 6.21. The van der Waals surface area contributed by atoms with Gasteiger partial charge in [0.05, 0.1) is 11.0 Å². The maximum Gasteiger partial charge on any atom is 0.136 e. The Morgan fingerprint density at radius 1 is 0.377 bits per heavy atom. The SMILES string of the molecule is c1ccc(N(c2ccc3ccccc3c2)c2ccc3ccc4oc5ccc(-c6cccc7c6c6ccccc6n7-c6ccccc6)cc5c4c3c2)cc1. The molecule has 0 aliphatic carbocycles. The molecule has 11 aromatic rings. The fourth-order valence-corrected chi connectivity index (χ4v) is 8.35. The average molecular weight is 677 g/mol. The van der Waals surface area contributed by atoms with Crippen molar-refractivity contribution in [1.29, 1.82) is 0 Å². The lowest BCUT2D eigenvalue weighted by molar-refractivity contribution is 0.669. The molecule has 3 nitrogen and oxygen atoms in total. The Morgan fingerprint density at radius 3 is 1.92 bits per heavy atom. The summed E-state index contributed by atoms with van der Waals surface area (Å²) in [5.41, 5.74) is 11.0. The second kappa shape index (κ2) is 11.7. The molecule has 0 atom stereocenters. The van der Waals surface area contributed by atoms with E-state index in [1.807, 2.05) is 0 Å². The van der Waals surface area contributed by atoms with Crippen LogP contribution in [0.4, 0.5) is 17.1 Å². The van der Waals surface area contributed by atoms with Crippen molar-refractivity contribution >= 4 is 82.4 Å². The number of rotatable bonds is 5. The summed E-state index contributed by atoms with van der Waals surface area (Å²) in [5.74, 6) is 0. The Balaban J connectivity index is 1.13. The van der Waals surface area contributed by atoms with Crippen LogP contribution in [0.25, 0.3) is 82.1 Å². The maximum atomic E-state index is 6.57. The smallest absolute Gasteiger partial charge is 0.136 e. The minimum atomic E-state index is 0.884. The molecule has 0 saturated heterocycles. The molecule has 0 aliphatic rings. The second-order valence-corrected chi connectivity index (χ2v) is 13.7. The largest absolute Gasteiger partial charge is 0.456 e. The van der Waals surface area contributed by atoms with E-state index in [1.165, 1.54) is 43.5 Å². The van der Waals surface area contributed by atoms with Crippen LogP contribution in [-0.2, 0) is 0 Å². The van der Waals surface area contributed by atoms with Gasteiger partial charge in [0, 0.05) is 44.3 Å². The Morgan fingerprint density at radius 2 is 1.06 bits per heavy atom. The molecule has 0 saturated carbocycles. The van der Waals surface area contributed by atoms with Gasteiger partial charge in [0.2, 0.25) is 0 Å². The molecule has 9 aromatic carbocycles. The van der Waals surface area contributed by atoms with E-state index >= 15 is 0 Å². The lowest BCUT2D eigenvalue weighted by atomic mass is 9.96. The molecule has 0 N–H and O–H groups in total. The molecular weight excluding hydrogens is 645 g/mol. The number of para-hydroxylation sites is 3. The van der Waals surface area contributed by atoms with E-state index in [0.717, 1.165) is 55.6 Å². The zero-order valence-corrected chi connectivity index (χ0v) is 28.8. The fraction of sp³-hybridized carbons (Fsp3) is 0. The first-order chi connectivity index (χ1) is 26.3. The van der Waals surface area contributed by atoms with Crippen molar-refractivity contribution in [2.45, 2.75) is 0 Å². The summed E-state index contributed by atoms with van der Waals surface area (Å²) in [5, 5.41) is 9.51. The normalized spacial score (nSPS) is 11.8. The standard InChI is InChI=1S/C50H32N2O/c1-3-14-37(15-4-1)51(39-26-22-33-12-7-8-13-35(33)30-39)40-27-23-34-24-29-48-50(43(34)32-40)44-31-36(25-28-47(44)53-48)41-19-11-21-46-49(41)42-18-9-10-20-45(42)52(46)38-16-5-2-6-17-38/h1-32H. The van der Waals surface area contributed by atoms with E-state index in [4.69, 9.17) is 4.42 Å². The summed E-state index contributed by atoms with van der Waals surface area (Å²) in [7, 11) is 0. The summed E-state index contributed by atoms with van der Waals surface area (Å²) >= 11 is 0. The van der Waals surface area contributed by atoms with Gasteiger partial charge in [-0.15, -0.1) is 0 Å². The topological polar surface area (TPSA) is 21.3 Å². The van der Waals surface area contributed by atoms with Crippen molar-refractivity contribution < 1.29 is 4.42 Å². The quantitative estimate of drug-likeness (QED) is 0.181. The average Bonchev–Trinajstić information content (AvgIpc) is 3.77. The molecule has 0 amide bonds. The number of benzene rings is 9. The van der Waals surface area contributed by atoms with Crippen LogP contribution >= 0.6 is 0 Å². The van der Waals surface area contributed by atoms with E-state index in [9.17, 15) is 0 Å². The van der Waals surface area contributed by atoms with E-state index in [0.29, 0.717) is 0 Å². The molecule has 0 unspecified atom stereocenters. The molecule has 3 heteroatoms. The summed E-state index contributed by atoms with van der Waals surface area (Å²) in [6.45, 7) is 0. The number of fused-ring (bicyclic) bond motifs is 9. The Hall–Kier alpha value is -7.10. The van der Waals surface area contributed by atoms with Crippen molar-refractivity contribution in [3.05, 3.63) is 194 Å².